The molecule has 0 bridgehead atoms. The van der Waals surface area contributed by atoms with Crippen LogP contribution in [-0.4, -0.2) is 374 Å². The van der Waals surface area contributed by atoms with E-state index in [0.717, 1.165) is 31.3 Å². The van der Waals surface area contributed by atoms with E-state index in [4.69, 9.17) is 71.1 Å². The summed E-state index contributed by atoms with van der Waals surface area (Å²) >= 11 is 0. The van der Waals surface area contributed by atoms with E-state index in [1.807, 2.05) is 6.92 Å². The van der Waals surface area contributed by atoms with Crippen molar-refractivity contribution in [2.45, 2.75) is 306 Å². The summed E-state index contributed by atoms with van der Waals surface area (Å²) in [6.45, 7) is 7.73. The molecular formula is C67H108O36. The number of hydrogen-bond acceptors (Lipinski definition) is 36. The zero-order valence-electron chi connectivity index (χ0n) is 57.7. The zero-order chi connectivity index (χ0) is 74.4. The molecule has 12 aliphatic rings. The van der Waals surface area contributed by atoms with Gasteiger partial charge in [0.2, 0.25) is 0 Å². The van der Waals surface area contributed by atoms with Gasteiger partial charge in [-0.1, -0.05) is 44.6 Å². The van der Waals surface area contributed by atoms with Gasteiger partial charge in [-0.05, 0) is 92.8 Å². The predicted molar refractivity (Wildman–Crippen MR) is 336 cm³/mol. The van der Waals surface area contributed by atoms with Gasteiger partial charge in [-0.25, -0.2) is 0 Å². The Kier molecular flexibility index (Phi) is 25.3. The molecule has 43 atom stereocenters. The highest BCUT2D eigenvalue weighted by molar-refractivity contribution is 5.27. The van der Waals surface area contributed by atoms with Crippen molar-refractivity contribution in [1.82, 2.24) is 0 Å². The Bertz CT molecular complexity index is 2830. The van der Waals surface area contributed by atoms with Gasteiger partial charge < -0.3 is 178 Å². The largest absolute Gasteiger partial charge is 0.394 e. The van der Waals surface area contributed by atoms with E-state index in [1.54, 1.807) is 0 Å². The number of aliphatic hydroxyl groups excluding tert-OH is 20. The van der Waals surface area contributed by atoms with E-state index in [0.29, 0.717) is 31.3 Å². The minimum absolute atomic E-state index is 0.0460. The third-order valence-electron chi connectivity index (χ3n) is 24.8. The highest BCUT2D eigenvalue weighted by atomic mass is 16.8. The zero-order valence-corrected chi connectivity index (χ0v) is 57.7. The molecule has 8 aliphatic heterocycles. The van der Waals surface area contributed by atoms with Crippen molar-refractivity contribution in [2.24, 2.45) is 40.4 Å². The summed E-state index contributed by atoms with van der Waals surface area (Å²) in [5.74, 6) is -0.849. The molecule has 0 aromatic carbocycles. The maximum absolute atomic E-state index is 12.6. The van der Waals surface area contributed by atoms with Crippen LogP contribution in [0.5, 0.6) is 0 Å². The summed E-state index contributed by atoms with van der Waals surface area (Å²) < 4.78 is 89.6. The Hall–Kier alpha value is -1.96. The van der Waals surface area contributed by atoms with Crippen LogP contribution < -0.4 is 0 Å². The van der Waals surface area contributed by atoms with Gasteiger partial charge in [-0.2, -0.15) is 0 Å². The lowest BCUT2D eigenvalue weighted by Crippen LogP contribution is -2.68. The summed E-state index contributed by atoms with van der Waals surface area (Å²) in [4.78, 5) is 0. The van der Waals surface area contributed by atoms with E-state index >= 15 is 0 Å². The number of rotatable bonds is 22. The van der Waals surface area contributed by atoms with Gasteiger partial charge in [0, 0.05) is 12.3 Å². The molecule has 4 aliphatic carbocycles. The van der Waals surface area contributed by atoms with Crippen LogP contribution in [0.1, 0.15) is 85.5 Å². The van der Waals surface area contributed by atoms with Crippen molar-refractivity contribution in [3.05, 3.63) is 23.8 Å². The Labute approximate surface area is 593 Å². The molecule has 0 radical (unpaired) electrons. The van der Waals surface area contributed by atoms with Crippen molar-refractivity contribution in [2.75, 3.05) is 46.2 Å². The average molecular weight is 1490 g/mol. The fourth-order valence-electron chi connectivity index (χ4n) is 18.6. The first-order valence-corrected chi connectivity index (χ1v) is 35.9. The van der Waals surface area contributed by atoms with Gasteiger partial charge in [0.1, 0.15) is 153 Å². The van der Waals surface area contributed by atoms with Gasteiger partial charge in [0.25, 0.3) is 0 Å². The molecule has 0 amide bonds. The summed E-state index contributed by atoms with van der Waals surface area (Å²) in [5, 5.41) is 229. The maximum Gasteiger partial charge on any atom is 0.187 e. The minimum atomic E-state index is -2.20. The summed E-state index contributed by atoms with van der Waals surface area (Å²) in [6, 6.07) is 0. The molecule has 11 fully saturated rings. The molecule has 103 heavy (non-hydrogen) atoms. The van der Waals surface area contributed by atoms with Crippen LogP contribution in [-0.2, 0) is 71.1 Å². The van der Waals surface area contributed by atoms with E-state index in [-0.39, 0.29) is 59.6 Å². The van der Waals surface area contributed by atoms with Crippen LogP contribution in [0.15, 0.2) is 23.8 Å². The first kappa shape index (κ1) is 80.6. The van der Waals surface area contributed by atoms with Gasteiger partial charge in [0.05, 0.1) is 64.6 Å². The summed E-state index contributed by atoms with van der Waals surface area (Å²) in [7, 11) is 0. The lowest BCUT2D eigenvalue weighted by Gasteiger charge is -2.58. The van der Waals surface area contributed by atoms with Gasteiger partial charge >= 0.3 is 0 Å². The minimum Gasteiger partial charge on any atom is -0.394 e. The van der Waals surface area contributed by atoms with Crippen LogP contribution >= 0.6 is 0 Å². The molecule has 3 saturated carbocycles. The molecule has 8 saturated heterocycles. The van der Waals surface area contributed by atoms with Crippen LogP contribution in [0.4, 0.5) is 0 Å². The third kappa shape index (κ3) is 15.4. The molecule has 0 aromatic heterocycles. The molecule has 592 valence electrons. The first-order valence-electron chi connectivity index (χ1n) is 35.9. The number of ether oxygens (including phenoxy) is 15. The van der Waals surface area contributed by atoms with Crippen LogP contribution in [0.3, 0.4) is 0 Å². The number of aliphatic hydroxyl groups is 21. The molecule has 0 aromatic rings. The number of hydrogen-bond donors (Lipinski definition) is 21. The molecule has 8 heterocycles. The lowest BCUT2D eigenvalue weighted by molar-refractivity contribution is -0.400. The van der Waals surface area contributed by atoms with Crippen molar-refractivity contribution >= 4 is 0 Å². The quantitative estimate of drug-likeness (QED) is 0.0448. The van der Waals surface area contributed by atoms with Crippen molar-refractivity contribution < 1.29 is 178 Å². The van der Waals surface area contributed by atoms with Crippen LogP contribution in [0.2, 0.25) is 0 Å². The molecule has 36 heteroatoms. The van der Waals surface area contributed by atoms with Crippen LogP contribution in [0.25, 0.3) is 0 Å². The van der Waals surface area contributed by atoms with Crippen molar-refractivity contribution in [3.63, 3.8) is 0 Å². The first-order chi connectivity index (χ1) is 48.8. The molecular weight excluding hydrogens is 1380 g/mol. The molecule has 36 nitrogen and oxygen atoms in total. The topological polar surface area (TPSA) is 563 Å². The van der Waals surface area contributed by atoms with Gasteiger partial charge in [-0.15, -0.1) is 0 Å². The van der Waals surface area contributed by atoms with Crippen molar-refractivity contribution in [1.29, 1.82) is 0 Å². The smallest absolute Gasteiger partial charge is 0.187 e. The third-order valence-corrected chi connectivity index (χ3v) is 24.8. The highest BCUT2D eigenvalue weighted by Crippen LogP contribution is 2.70. The normalized spacial score (nSPS) is 54.6. The van der Waals surface area contributed by atoms with E-state index < -0.39 is 254 Å². The molecule has 0 spiro atoms. The summed E-state index contributed by atoms with van der Waals surface area (Å²) in [6.07, 6.45) is -51.0. The SMILES string of the molecule is C=C(CC[C@@]1(O)O[C@H]2C[C@H]3[C@@H]4CC=C5C[C@@H](O[C@@H]6O[C@H](CO)[C@@H](O[C@@H]7O[C@H](CO)[C@@H](O)[C@H](O[C@@H]8O[C@H](CO[C@@H]9OC[C@@H](O)[C@H](O)[C@H]9O)[C@@H](O[C@@H]9OC[C@@H](O)[C@H](O)[C@H]9O)[C@H](O)[C@H]8O)[C@H]7O)[C@H](O)[C@H]6O[C@@H]6O[C@@H](C)[C@H](O)[C@@H](O)[C@H]6O)CC[C@]5(C)[C@H]4CC[C@]3(C)[C@H]2[C@@H]1C)CO[C@@H]1O[C@H](CO)[C@@H](O)[C@H](O)[C@H]1O. The standard InChI is InChI=1S/C67H108O36/c1-23(19-89-59-49(83)45(79)42(76)34(16-68)95-59)8-13-67(88)24(2)38-33(103-67)15-30-28-7-6-26-14-27(9-11-65(26,4)29(28)10-12-66(30,38)5)94-64-57(102-61-50(84)44(78)39(73)25(3)93-61)52(86)54(36(18-70)97-64)100-63-53(87)56(43(77)35(17-69)96-63)101-62-51(85)46(80)55(99-60-48(82)41(75)32(72)21-91-60)37(98-62)22-92-58-47(81)40(74)31(71)20-90-58/h6,24-25,27-64,68-88H,1,7-22H2,2-5H3/t24-,25-,27-,28+,29-,30-,31+,32+,33-,34+,35+,36+,37+,38-,39-,40-,41-,42+,43+,44+,45-,46+,47+,48+,49+,50+,51+,52-,53+,54+,55+,56-,57+,58-,59+,60-,61-,62-,63-,64+,65-,66-,67+/m0/s1. The molecule has 0 unspecified atom stereocenters. The fourth-order valence-corrected chi connectivity index (χ4v) is 18.6. The second kappa shape index (κ2) is 32.4. The Morgan fingerprint density at radius 1 is 0.505 bits per heavy atom. The molecule has 21 N–H and O–H groups in total. The average Bonchev–Trinajstić information content (AvgIpc) is 1.55. The fraction of sp³-hybridized carbons (Fsp3) is 0.940. The van der Waals surface area contributed by atoms with Gasteiger partial charge in [-0.3, -0.25) is 0 Å². The number of allylic oxidation sites excluding steroid dienone is 1. The van der Waals surface area contributed by atoms with Crippen LogP contribution in [0, 0.1) is 40.4 Å². The Morgan fingerprint density at radius 3 is 1.74 bits per heavy atom. The Morgan fingerprint density at radius 2 is 1.05 bits per heavy atom. The second-order valence-electron chi connectivity index (χ2n) is 31.0. The van der Waals surface area contributed by atoms with E-state index in [2.05, 4.69) is 26.5 Å². The van der Waals surface area contributed by atoms with Crippen molar-refractivity contribution in [3.8, 4) is 0 Å². The van der Waals surface area contributed by atoms with E-state index in [9.17, 15) is 107 Å². The second-order valence-corrected chi connectivity index (χ2v) is 31.0. The van der Waals surface area contributed by atoms with E-state index in [1.165, 1.54) is 6.92 Å². The predicted octanol–water partition coefficient (Wildman–Crippen LogP) is -8.34. The lowest BCUT2D eigenvalue weighted by atomic mass is 9.47. The monoisotopic (exact) mass is 1490 g/mol. The number of fused-ring (bicyclic) bond motifs is 7. The summed E-state index contributed by atoms with van der Waals surface area (Å²) in [5.41, 5.74) is 1.28. The van der Waals surface area contributed by atoms with Gasteiger partial charge in [0.15, 0.2) is 49.8 Å². The maximum atomic E-state index is 12.6. The molecule has 12 rings (SSSR count). The highest BCUT2D eigenvalue weighted by Gasteiger charge is 2.68. The Balaban J connectivity index is 0.715.